The summed E-state index contributed by atoms with van der Waals surface area (Å²) < 4.78 is 5.79. The van der Waals surface area contributed by atoms with Crippen molar-refractivity contribution in [2.45, 2.75) is 19.3 Å². The lowest BCUT2D eigenvalue weighted by molar-refractivity contribution is -0.162. The lowest BCUT2D eigenvalue weighted by atomic mass is 10.1. The molecule has 0 spiro atoms. The van der Waals surface area contributed by atoms with Gasteiger partial charge in [0.2, 0.25) is 5.72 Å². The molecule has 2 aromatic rings. The fourth-order valence-corrected chi connectivity index (χ4v) is 2.80. The Balaban J connectivity index is 1.74. The number of ketones is 1. The highest BCUT2D eigenvalue weighted by Crippen LogP contribution is 2.29. The van der Waals surface area contributed by atoms with Crippen molar-refractivity contribution in [1.82, 2.24) is 9.80 Å². The van der Waals surface area contributed by atoms with E-state index in [1.807, 2.05) is 30.3 Å². The molecule has 3 rings (SSSR count). The maximum absolute atomic E-state index is 12.8. The van der Waals surface area contributed by atoms with E-state index in [1.165, 1.54) is 11.9 Å². The number of urea groups is 1. The highest BCUT2D eigenvalue weighted by Gasteiger charge is 2.54. The summed E-state index contributed by atoms with van der Waals surface area (Å²) in [6, 6.07) is 17.4. The quantitative estimate of drug-likeness (QED) is 0.592. The van der Waals surface area contributed by atoms with E-state index in [9.17, 15) is 14.4 Å². The highest BCUT2D eigenvalue weighted by atomic mass is 16.5. The van der Waals surface area contributed by atoms with Gasteiger partial charge in [0.15, 0.2) is 5.78 Å². The number of benzene rings is 2. The van der Waals surface area contributed by atoms with E-state index < -0.39 is 17.7 Å². The molecule has 0 N–H and O–H groups in total. The number of likely N-dealkylation sites (N-methyl/N-ethyl adjacent to an activating group) is 1. The molecular formula is C20H20N2O4. The van der Waals surface area contributed by atoms with Crippen LogP contribution < -0.4 is 0 Å². The third-order valence-corrected chi connectivity index (χ3v) is 4.56. The van der Waals surface area contributed by atoms with E-state index in [0.29, 0.717) is 5.56 Å². The van der Waals surface area contributed by atoms with Crippen LogP contribution in [0.3, 0.4) is 0 Å². The van der Waals surface area contributed by atoms with Crippen molar-refractivity contribution in [2.75, 3.05) is 13.6 Å². The van der Waals surface area contributed by atoms with Crippen molar-refractivity contribution in [3.63, 3.8) is 0 Å². The van der Waals surface area contributed by atoms with E-state index >= 15 is 0 Å². The average Bonchev–Trinajstić information content (AvgIpc) is 2.84. The third-order valence-electron chi connectivity index (χ3n) is 4.56. The van der Waals surface area contributed by atoms with Crippen LogP contribution in [0.2, 0.25) is 0 Å². The minimum Gasteiger partial charge on any atom is -0.342 e. The monoisotopic (exact) mass is 352 g/mol. The first kappa shape index (κ1) is 17.8. The Morgan fingerprint density at radius 3 is 2.19 bits per heavy atom. The number of carbonyl (C=O) groups is 3. The molecule has 0 aromatic heterocycles. The fourth-order valence-electron chi connectivity index (χ4n) is 2.80. The molecule has 0 radical (unpaired) electrons. The molecule has 1 atom stereocenters. The Kier molecular flexibility index (Phi) is 4.86. The molecule has 0 aliphatic carbocycles. The van der Waals surface area contributed by atoms with E-state index in [1.54, 1.807) is 37.3 Å². The Hall–Kier alpha value is -2.99. The van der Waals surface area contributed by atoms with Crippen LogP contribution in [0.5, 0.6) is 0 Å². The van der Waals surface area contributed by atoms with Crippen LogP contribution in [0.15, 0.2) is 60.7 Å². The van der Waals surface area contributed by atoms with E-state index in [0.717, 1.165) is 10.5 Å². The zero-order valence-corrected chi connectivity index (χ0v) is 14.7. The molecule has 1 aliphatic rings. The van der Waals surface area contributed by atoms with Gasteiger partial charge in [0.25, 0.3) is 5.91 Å². The van der Waals surface area contributed by atoms with Gasteiger partial charge < -0.3 is 4.74 Å². The van der Waals surface area contributed by atoms with Gasteiger partial charge in [0.05, 0.1) is 13.2 Å². The second-order valence-corrected chi connectivity index (χ2v) is 6.28. The van der Waals surface area contributed by atoms with E-state index in [2.05, 4.69) is 0 Å². The van der Waals surface area contributed by atoms with Crippen LogP contribution in [0.1, 0.15) is 22.8 Å². The second-order valence-electron chi connectivity index (χ2n) is 6.28. The number of hydrogen-bond donors (Lipinski definition) is 0. The molecule has 0 bridgehead atoms. The summed E-state index contributed by atoms with van der Waals surface area (Å²) >= 11 is 0. The second kappa shape index (κ2) is 7.09. The number of amides is 3. The highest BCUT2D eigenvalue weighted by molar-refractivity contribution is 6.10. The van der Waals surface area contributed by atoms with Gasteiger partial charge in [-0.05, 0) is 12.5 Å². The van der Waals surface area contributed by atoms with Crippen molar-refractivity contribution in [1.29, 1.82) is 0 Å². The van der Waals surface area contributed by atoms with Gasteiger partial charge in [-0.1, -0.05) is 60.7 Å². The minimum absolute atomic E-state index is 0.182. The molecule has 26 heavy (non-hydrogen) atoms. The summed E-state index contributed by atoms with van der Waals surface area (Å²) in [4.78, 5) is 39.9. The fraction of sp³-hybridized carbons (Fsp3) is 0.250. The average molecular weight is 352 g/mol. The minimum atomic E-state index is -1.44. The summed E-state index contributed by atoms with van der Waals surface area (Å²) in [5.74, 6) is -0.835. The van der Waals surface area contributed by atoms with Crippen LogP contribution in [0.25, 0.3) is 0 Å². The molecule has 1 unspecified atom stereocenters. The van der Waals surface area contributed by atoms with Gasteiger partial charge in [-0.3, -0.25) is 19.4 Å². The van der Waals surface area contributed by atoms with Crippen LogP contribution >= 0.6 is 0 Å². The first-order valence-electron chi connectivity index (χ1n) is 8.29. The molecular weight excluding hydrogens is 332 g/mol. The van der Waals surface area contributed by atoms with Crippen LogP contribution in [0.4, 0.5) is 4.79 Å². The van der Waals surface area contributed by atoms with Gasteiger partial charge in [-0.2, -0.15) is 0 Å². The third kappa shape index (κ3) is 3.23. The molecule has 1 saturated heterocycles. The van der Waals surface area contributed by atoms with Crippen LogP contribution in [-0.2, 0) is 16.1 Å². The maximum atomic E-state index is 12.8. The van der Waals surface area contributed by atoms with Crippen molar-refractivity contribution >= 4 is 17.7 Å². The zero-order chi connectivity index (χ0) is 18.7. The largest absolute Gasteiger partial charge is 0.342 e. The van der Waals surface area contributed by atoms with Gasteiger partial charge >= 0.3 is 6.03 Å². The molecule has 0 saturated carbocycles. The summed E-state index contributed by atoms with van der Waals surface area (Å²) in [5, 5.41) is 0. The number of Topliss-reactive ketones (excluding diaryl/α,β-unsaturated/α-hetero) is 1. The first-order chi connectivity index (χ1) is 12.4. The van der Waals surface area contributed by atoms with Crippen molar-refractivity contribution in [2.24, 2.45) is 0 Å². The Labute approximate surface area is 152 Å². The standard InChI is InChI=1S/C20H20N2O4/c1-20(26-14-15-9-5-3-6-10-15)18(24)22(19(25)21(20)2)13-17(23)16-11-7-4-8-12-16/h3-12H,13-14H2,1-2H3. The van der Waals surface area contributed by atoms with Gasteiger partial charge in [0.1, 0.15) is 0 Å². The number of imide groups is 1. The number of rotatable bonds is 6. The number of nitrogens with zero attached hydrogens (tertiary/aromatic N) is 2. The summed E-state index contributed by atoms with van der Waals surface area (Å²) in [6.45, 7) is 1.42. The predicted molar refractivity (Wildman–Crippen MR) is 95.3 cm³/mol. The Morgan fingerprint density at radius 2 is 1.58 bits per heavy atom. The lowest BCUT2D eigenvalue weighted by Crippen LogP contribution is -2.47. The molecule has 6 heteroatoms. The molecule has 6 nitrogen and oxygen atoms in total. The molecule has 134 valence electrons. The zero-order valence-electron chi connectivity index (χ0n) is 14.7. The number of hydrogen-bond acceptors (Lipinski definition) is 4. The molecule has 2 aromatic carbocycles. The molecule has 1 fully saturated rings. The summed E-state index contributed by atoms with van der Waals surface area (Å²) in [7, 11) is 1.50. The topological polar surface area (TPSA) is 66.9 Å². The van der Waals surface area contributed by atoms with Crippen LogP contribution in [0, 0.1) is 0 Å². The Morgan fingerprint density at radius 1 is 1.00 bits per heavy atom. The normalized spacial score (nSPS) is 19.9. The summed E-state index contributed by atoms with van der Waals surface area (Å²) in [6.07, 6.45) is 0. The number of ether oxygens (including phenoxy) is 1. The van der Waals surface area contributed by atoms with Crippen LogP contribution in [-0.4, -0.2) is 46.8 Å². The van der Waals surface area contributed by atoms with Gasteiger partial charge in [-0.15, -0.1) is 0 Å². The lowest BCUT2D eigenvalue weighted by Gasteiger charge is -2.28. The Bertz CT molecular complexity index is 822. The van der Waals surface area contributed by atoms with Gasteiger partial charge in [-0.25, -0.2) is 4.79 Å². The SMILES string of the molecule is CN1C(=O)N(CC(=O)c2ccccc2)C(=O)C1(C)OCc1ccccc1. The molecule has 1 aliphatic heterocycles. The van der Waals surface area contributed by atoms with Crippen molar-refractivity contribution in [3.05, 3.63) is 71.8 Å². The first-order valence-corrected chi connectivity index (χ1v) is 8.29. The maximum Gasteiger partial charge on any atom is 0.329 e. The predicted octanol–water partition coefficient (Wildman–Crippen LogP) is 2.70. The molecule has 1 heterocycles. The van der Waals surface area contributed by atoms with E-state index in [4.69, 9.17) is 4.74 Å². The molecule has 3 amide bonds. The van der Waals surface area contributed by atoms with Gasteiger partial charge in [0, 0.05) is 12.6 Å². The smallest absolute Gasteiger partial charge is 0.329 e. The van der Waals surface area contributed by atoms with Crippen molar-refractivity contribution in [3.8, 4) is 0 Å². The summed E-state index contributed by atoms with van der Waals surface area (Å²) in [5.41, 5.74) is -0.0973. The number of carbonyl (C=O) groups excluding carboxylic acids is 3. The van der Waals surface area contributed by atoms with E-state index in [-0.39, 0.29) is 18.9 Å². The van der Waals surface area contributed by atoms with Crippen molar-refractivity contribution < 1.29 is 19.1 Å².